The summed E-state index contributed by atoms with van der Waals surface area (Å²) in [5.41, 5.74) is 5.79. The van der Waals surface area contributed by atoms with Crippen LogP contribution in [-0.4, -0.2) is 35.6 Å². The maximum absolute atomic E-state index is 13.1. The zero-order chi connectivity index (χ0) is 12.3. The molecule has 4 atom stereocenters. The Bertz CT molecular complexity index is 308. The Hall–Kier alpha value is -0.860. The van der Waals surface area contributed by atoms with Crippen LogP contribution < -0.4 is 5.73 Å². The summed E-state index contributed by atoms with van der Waals surface area (Å²) in [7, 11) is 0. The minimum Gasteiger partial charge on any atom is -0.322 e. The Morgan fingerprint density at radius 3 is 2.76 bits per heavy atom. The lowest BCUT2D eigenvalue weighted by Gasteiger charge is -2.25. The molecule has 0 aliphatic carbocycles. The molecule has 1 fully saturated rings. The molecular weight excluding hydrogens is 245 g/mol. The number of likely N-dealkylation sites (tertiary alicyclic amines) is 1. The van der Waals surface area contributed by atoms with Gasteiger partial charge >= 0.3 is 0 Å². The van der Waals surface area contributed by atoms with Crippen molar-refractivity contribution >= 4 is 18.3 Å². The highest BCUT2D eigenvalue weighted by atomic mass is 35.5. The van der Waals surface area contributed by atoms with Gasteiger partial charge < -0.3 is 10.6 Å². The van der Waals surface area contributed by atoms with Crippen LogP contribution in [0.5, 0.6) is 0 Å². The first-order chi connectivity index (χ1) is 7.51. The van der Waals surface area contributed by atoms with Crippen molar-refractivity contribution in [2.24, 2.45) is 11.7 Å². The predicted molar refractivity (Wildman–Crippen MR) is 65.3 cm³/mol. The number of nitrogens with two attached hydrogens (primary N) is 1. The molecule has 0 radical (unpaired) electrons. The van der Waals surface area contributed by atoms with E-state index >= 15 is 0 Å². The molecule has 0 aromatic heterocycles. The van der Waals surface area contributed by atoms with Crippen molar-refractivity contribution in [3.8, 4) is 6.07 Å². The monoisotopic (exact) mass is 263 g/mol. The molecule has 1 amide bonds. The lowest BCUT2D eigenvalue weighted by atomic mass is 9.99. The van der Waals surface area contributed by atoms with Crippen LogP contribution in [0.3, 0.4) is 0 Å². The highest BCUT2D eigenvalue weighted by molar-refractivity contribution is 5.85. The van der Waals surface area contributed by atoms with Gasteiger partial charge in [-0.2, -0.15) is 5.26 Å². The van der Waals surface area contributed by atoms with E-state index in [9.17, 15) is 9.18 Å². The van der Waals surface area contributed by atoms with Gasteiger partial charge in [0.2, 0.25) is 5.91 Å². The number of nitriles is 1. The topological polar surface area (TPSA) is 70.1 Å². The normalized spacial score (nSPS) is 26.9. The van der Waals surface area contributed by atoms with Gasteiger partial charge in [-0.25, -0.2) is 4.39 Å². The summed E-state index contributed by atoms with van der Waals surface area (Å²) in [5.74, 6) is -0.258. The summed E-state index contributed by atoms with van der Waals surface area (Å²) >= 11 is 0. The summed E-state index contributed by atoms with van der Waals surface area (Å²) < 4.78 is 13.1. The zero-order valence-electron chi connectivity index (χ0n) is 10.1. The maximum Gasteiger partial charge on any atom is 0.240 e. The standard InChI is InChI=1S/C11H18FN3O.ClH/c1-3-7(2)10(14)11(16)15-6-8(12)4-9(15)5-13;/h7-10H,3-4,6,14H2,1-2H3;1H/t7-,8+,9+,10+;/m1./s1. The first kappa shape index (κ1) is 16.1. The first-order valence-corrected chi connectivity index (χ1v) is 5.61. The smallest absolute Gasteiger partial charge is 0.240 e. The van der Waals surface area contributed by atoms with E-state index in [0.717, 1.165) is 6.42 Å². The third-order valence-electron chi connectivity index (χ3n) is 3.22. The molecule has 0 aromatic rings. The van der Waals surface area contributed by atoms with E-state index in [1.807, 2.05) is 19.9 Å². The number of alkyl halides is 1. The average Bonchev–Trinajstić information content (AvgIpc) is 2.67. The first-order valence-electron chi connectivity index (χ1n) is 5.61. The van der Waals surface area contributed by atoms with Crippen LogP contribution in [-0.2, 0) is 4.79 Å². The van der Waals surface area contributed by atoms with Crippen molar-refractivity contribution in [2.75, 3.05) is 6.54 Å². The molecule has 4 nitrogen and oxygen atoms in total. The van der Waals surface area contributed by atoms with Crippen molar-refractivity contribution in [2.45, 2.75) is 44.9 Å². The summed E-state index contributed by atoms with van der Waals surface area (Å²) in [6.45, 7) is 3.83. The van der Waals surface area contributed by atoms with Gasteiger partial charge in [0, 0.05) is 6.42 Å². The number of rotatable bonds is 3. The molecule has 1 rings (SSSR count). The van der Waals surface area contributed by atoms with Gasteiger partial charge in [0.05, 0.1) is 18.7 Å². The number of nitrogens with zero attached hydrogens (tertiary/aromatic N) is 2. The van der Waals surface area contributed by atoms with Gasteiger partial charge in [-0.05, 0) is 5.92 Å². The number of carbonyl (C=O) groups excluding carboxylic acids is 1. The second-order valence-electron chi connectivity index (χ2n) is 4.38. The summed E-state index contributed by atoms with van der Waals surface area (Å²) in [6.07, 6.45) is -0.204. The lowest BCUT2D eigenvalue weighted by molar-refractivity contribution is -0.133. The van der Waals surface area contributed by atoms with Crippen LogP contribution in [0.25, 0.3) is 0 Å². The molecule has 2 N–H and O–H groups in total. The number of halogens is 2. The number of carbonyl (C=O) groups is 1. The Kier molecular flexibility index (Phi) is 6.43. The second kappa shape index (κ2) is 6.77. The van der Waals surface area contributed by atoms with Crippen LogP contribution in [0.2, 0.25) is 0 Å². The van der Waals surface area contributed by atoms with Crippen molar-refractivity contribution in [1.82, 2.24) is 4.90 Å². The average molecular weight is 264 g/mol. The number of amides is 1. The van der Waals surface area contributed by atoms with Crippen molar-refractivity contribution in [3.05, 3.63) is 0 Å². The molecule has 17 heavy (non-hydrogen) atoms. The Morgan fingerprint density at radius 2 is 2.29 bits per heavy atom. The molecule has 0 saturated carbocycles. The molecular formula is C11H19ClFN3O. The van der Waals surface area contributed by atoms with E-state index in [1.165, 1.54) is 4.90 Å². The molecule has 0 unspecified atom stereocenters. The van der Waals surface area contributed by atoms with Crippen LogP contribution in [0.15, 0.2) is 0 Å². The van der Waals surface area contributed by atoms with E-state index in [2.05, 4.69) is 0 Å². The molecule has 1 heterocycles. The highest BCUT2D eigenvalue weighted by Crippen LogP contribution is 2.22. The van der Waals surface area contributed by atoms with Crippen molar-refractivity contribution in [1.29, 1.82) is 5.26 Å². The fourth-order valence-corrected chi connectivity index (χ4v) is 1.84. The van der Waals surface area contributed by atoms with Crippen molar-refractivity contribution in [3.63, 3.8) is 0 Å². The molecule has 1 aliphatic heterocycles. The quantitative estimate of drug-likeness (QED) is 0.833. The molecule has 0 aromatic carbocycles. The Labute approximate surface area is 107 Å². The zero-order valence-corrected chi connectivity index (χ0v) is 10.9. The third-order valence-corrected chi connectivity index (χ3v) is 3.22. The second-order valence-corrected chi connectivity index (χ2v) is 4.38. The molecule has 1 saturated heterocycles. The van der Waals surface area contributed by atoms with Crippen LogP contribution in [0.1, 0.15) is 26.7 Å². The van der Waals surface area contributed by atoms with E-state index in [4.69, 9.17) is 11.0 Å². The summed E-state index contributed by atoms with van der Waals surface area (Å²) in [5, 5.41) is 8.83. The summed E-state index contributed by atoms with van der Waals surface area (Å²) in [4.78, 5) is 13.2. The van der Waals surface area contributed by atoms with Gasteiger partial charge in [0.25, 0.3) is 0 Å². The van der Waals surface area contributed by atoms with Gasteiger partial charge in [-0.1, -0.05) is 20.3 Å². The largest absolute Gasteiger partial charge is 0.322 e. The van der Waals surface area contributed by atoms with Gasteiger partial charge in [-0.15, -0.1) is 12.4 Å². The van der Waals surface area contributed by atoms with Gasteiger partial charge in [0.1, 0.15) is 12.2 Å². The van der Waals surface area contributed by atoms with Gasteiger partial charge in [0.15, 0.2) is 0 Å². The minimum absolute atomic E-state index is 0. The Balaban J connectivity index is 0.00000256. The molecule has 6 heteroatoms. The van der Waals surface area contributed by atoms with Crippen LogP contribution in [0, 0.1) is 17.2 Å². The fourth-order valence-electron chi connectivity index (χ4n) is 1.84. The third kappa shape index (κ3) is 3.55. The van der Waals surface area contributed by atoms with Crippen LogP contribution >= 0.6 is 12.4 Å². The molecule has 0 bridgehead atoms. The minimum atomic E-state index is -1.10. The SMILES string of the molecule is CC[C@@H](C)[C@H](N)C(=O)N1C[C@@H](F)C[C@H]1C#N.Cl. The van der Waals surface area contributed by atoms with E-state index in [1.54, 1.807) is 0 Å². The van der Waals surface area contributed by atoms with Crippen LogP contribution in [0.4, 0.5) is 4.39 Å². The maximum atomic E-state index is 13.1. The molecule has 1 aliphatic rings. The number of hydrogen-bond donors (Lipinski definition) is 1. The van der Waals surface area contributed by atoms with E-state index < -0.39 is 18.3 Å². The number of hydrogen-bond acceptors (Lipinski definition) is 3. The Morgan fingerprint density at radius 1 is 1.71 bits per heavy atom. The molecule has 98 valence electrons. The molecule has 0 spiro atoms. The van der Waals surface area contributed by atoms with E-state index in [-0.39, 0.29) is 37.2 Å². The fraction of sp³-hybridized carbons (Fsp3) is 0.818. The highest BCUT2D eigenvalue weighted by Gasteiger charge is 2.38. The summed E-state index contributed by atoms with van der Waals surface area (Å²) in [6, 6.07) is 0.658. The van der Waals surface area contributed by atoms with Gasteiger partial charge in [-0.3, -0.25) is 4.79 Å². The van der Waals surface area contributed by atoms with E-state index in [0.29, 0.717) is 0 Å². The van der Waals surface area contributed by atoms with Crippen molar-refractivity contribution < 1.29 is 9.18 Å². The predicted octanol–water partition coefficient (Wildman–Crippen LogP) is 1.24. The lowest BCUT2D eigenvalue weighted by Crippen LogP contribution is -2.48.